The van der Waals surface area contributed by atoms with Gasteiger partial charge in [0.05, 0.1) is 22.6 Å². The lowest BCUT2D eigenvalue weighted by Crippen LogP contribution is -2.60. The largest absolute Gasteiger partial charge is 0.325 e. The Morgan fingerprint density at radius 3 is 2.55 bits per heavy atom. The lowest BCUT2D eigenvalue weighted by Gasteiger charge is -2.31. The summed E-state index contributed by atoms with van der Waals surface area (Å²) in [5, 5.41) is 10.1. The number of rotatable bonds is 3. The van der Waals surface area contributed by atoms with Crippen LogP contribution in [0, 0.1) is 6.92 Å². The normalized spacial score (nSPS) is 14.7. The zero-order valence-corrected chi connectivity index (χ0v) is 19.7. The van der Waals surface area contributed by atoms with Crippen LogP contribution in [0.3, 0.4) is 0 Å². The van der Waals surface area contributed by atoms with E-state index in [1.165, 1.54) is 18.7 Å². The van der Waals surface area contributed by atoms with E-state index >= 15 is 0 Å². The number of H-pyrrole nitrogens is 1. The highest BCUT2D eigenvalue weighted by atomic mass is 35.5. The van der Waals surface area contributed by atoms with E-state index in [2.05, 4.69) is 15.2 Å². The molecule has 5 rings (SSSR count). The molecule has 1 N–H and O–H groups in total. The summed E-state index contributed by atoms with van der Waals surface area (Å²) in [6.07, 6.45) is 1.04. The second kappa shape index (κ2) is 8.17. The molecular weight excluding hydrogens is 460 g/mol. The summed E-state index contributed by atoms with van der Waals surface area (Å²) in [4.78, 5) is 30.6. The first-order valence-corrected chi connectivity index (χ1v) is 11.8. The van der Waals surface area contributed by atoms with Crippen LogP contribution in [0.1, 0.15) is 24.3 Å². The van der Waals surface area contributed by atoms with Crippen LogP contribution in [0.5, 0.6) is 0 Å². The van der Waals surface area contributed by atoms with Crippen molar-refractivity contribution in [3.8, 4) is 16.9 Å². The van der Waals surface area contributed by atoms with Gasteiger partial charge in [-0.3, -0.25) is 14.6 Å². The van der Waals surface area contributed by atoms with E-state index < -0.39 is 6.17 Å². The topological polar surface area (TPSA) is 87.8 Å². The molecule has 1 atom stereocenters. The highest BCUT2D eigenvalue weighted by Gasteiger charge is 2.47. The van der Waals surface area contributed by atoms with Crippen LogP contribution in [-0.4, -0.2) is 32.0 Å². The Morgan fingerprint density at radius 1 is 1.15 bits per heavy atom. The third-order valence-corrected chi connectivity index (χ3v) is 6.53. The lowest BCUT2D eigenvalue weighted by atomic mass is 10.0. The van der Waals surface area contributed by atoms with Gasteiger partial charge in [-0.1, -0.05) is 53.7 Å². The van der Waals surface area contributed by atoms with Gasteiger partial charge in [0.25, 0.3) is 6.17 Å². The number of carbonyl (C=O) groups excluding carboxylic acids is 1. The number of aromatic amines is 1. The number of carbonyl (C=O) groups is 1. The number of hydrogen-bond acceptors (Lipinski definition) is 5. The van der Waals surface area contributed by atoms with Gasteiger partial charge >= 0.3 is 11.3 Å². The van der Waals surface area contributed by atoms with E-state index in [9.17, 15) is 9.59 Å². The first-order chi connectivity index (χ1) is 15.9. The summed E-state index contributed by atoms with van der Waals surface area (Å²) in [5.74, 6) is -0.207. The van der Waals surface area contributed by atoms with Gasteiger partial charge in [-0.05, 0) is 42.1 Å². The maximum atomic E-state index is 13.2. The van der Waals surface area contributed by atoms with Gasteiger partial charge in [0, 0.05) is 12.0 Å². The summed E-state index contributed by atoms with van der Waals surface area (Å²) in [7, 11) is 0. The Balaban J connectivity index is 1.85. The smallest absolute Gasteiger partial charge is 0.291 e. The molecule has 1 unspecified atom stereocenters. The molecule has 0 spiro atoms. The minimum Gasteiger partial charge on any atom is -0.291 e. The number of nitrogens with zero attached hydrogens (tertiary/aromatic N) is 5. The van der Waals surface area contributed by atoms with Crippen molar-refractivity contribution in [1.82, 2.24) is 19.9 Å². The molecule has 2 aromatic carbocycles. The van der Waals surface area contributed by atoms with Crippen molar-refractivity contribution in [2.75, 3.05) is 11.2 Å². The van der Waals surface area contributed by atoms with Crippen molar-refractivity contribution in [2.45, 2.75) is 25.2 Å². The second-order valence-electron chi connectivity index (χ2n) is 7.57. The fraction of sp³-hybridized carbons (Fsp3) is 0.174. The van der Waals surface area contributed by atoms with Crippen molar-refractivity contribution in [1.29, 1.82) is 0 Å². The van der Waals surface area contributed by atoms with Crippen LogP contribution in [0.2, 0.25) is 5.15 Å². The molecule has 4 aromatic rings. The van der Waals surface area contributed by atoms with E-state index in [4.69, 9.17) is 11.6 Å². The van der Waals surface area contributed by atoms with Crippen molar-refractivity contribution in [2.24, 2.45) is 0 Å². The van der Waals surface area contributed by atoms with E-state index in [0.717, 1.165) is 5.69 Å². The van der Waals surface area contributed by atoms with Gasteiger partial charge in [0.2, 0.25) is 11.1 Å². The maximum Gasteiger partial charge on any atom is 0.325 e. The predicted octanol–water partition coefficient (Wildman–Crippen LogP) is 3.51. The summed E-state index contributed by atoms with van der Waals surface area (Å²) in [5.41, 5.74) is 3.31. The third kappa shape index (κ3) is 3.35. The number of aromatic nitrogens is 5. The number of benzene rings is 2. The monoisotopic (exact) mass is 479 g/mol. The van der Waals surface area contributed by atoms with E-state index in [1.807, 2.05) is 67.8 Å². The second-order valence-corrected chi connectivity index (χ2v) is 8.73. The summed E-state index contributed by atoms with van der Waals surface area (Å²) >= 11 is 8.21. The molecular formula is C23H20ClN6O2S+. The fourth-order valence-electron chi connectivity index (χ4n) is 4.21. The van der Waals surface area contributed by atoms with Crippen LogP contribution < -0.4 is 15.1 Å². The molecule has 0 saturated carbocycles. The minimum atomic E-state index is -0.787. The Kier molecular flexibility index (Phi) is 5.30. The zero-order chi connectivity index (χ0) is 23.3. The first-order valence-electron chi connectivity index (χ1n) is 10.2. The standard InChI is InChI=1S/C23H19ClN6O2S/c1-13-18(20(24)29(26-13)15-9-5-4-6-10-15)22-28(14(2)31)17-12-8-7-11-16(17)19-21(32)25-23(33-3)27-30(19)22/h4-12,22H,1-3H3/p+1. The van der Waals surface area contributed by atoms with Crippen molar-refractivity contribution in [3.05, 3.63) is 81.4 Å². The van der Waals surface area contributed by atoms with Gasteiger partial charge in [0.15, 0.2) is 0 Å². The Bertz CT molecular complexity index is 1450. The average Bonchev–Trinajstić information content (AvgIpc) is 3.11. The van der Waals surface area contributed by atoms with Crippen molar-refractivity contribution >= 4 is 35.0 Å². The van der Waals surface area contributed by atoms with Gasteiger partial charge in [0.1, 0.15) is 10.7 Å². The van der Waals surface area contributed by atoms with E-state index in [0.29, 0.717) is 38.5 Å². The molecule has 2 aromatic heterocycles. The number of aryl methyl sites for hydroxylation is 1. The molecule has 1 aliphatic heterocycles. The summed E-state index contributed by atoms with van der Waals surface area (Å²) in [6.45, 7) is 3.32. The molecule has 166 valence electrons. The maximum absolute atomic E-state index is 13.2. The van der Waals surface area contributed by atoms with Crippen LogP contribution in [-0.2, 0) is 4.79 Å². The highest BCUT2D eigenvalue weighted by molar-refractivity contribution is 7.98. The molecule has 10 heteroatoms. The quantitative estimate of drug-likeness (QED) is 0.359. The fourth-order valence-corrected chi connectivity index (χ4v) is 4.94. The number of halogens is 1. The van der Waals surface area contributed by atoms with Gasteiger partial charge in [-0.2, -0.15) is 5.10 Å². The Labute approximate surface area is 198 Å². The molecule has 0 aliphatic carbocycles. The van der Waals surface area contributed by atoms with Crippen LogP contribution in [0.4, 0.5) is 5.69 Å². The summed E-state index contributed by atoms with van der Waals surface area (Å²) in [6, 6.07) is 16.8. The van der Waals surface area contributed by atoms with Gasteiger partial charge in [-0.25, -0.2) is 9.58 Å². The first kappa shape index (κ1) is 21.4. The van der Waals surface area contributed by atoms with Gasteiger partial charge < -0.3 is 0 Å². The molecule has 1 amide bonds. The van der Waals surface area contributed by atoms with E-state index in [1.54, 1.807) is 14.3 Å². The molecule has 3 heterocycles. The molecule has 0 radical (unpaired) electrons. The third-order valence-electron chi connectivity index (χ3n) is 5.60. The Hall–Kier alpha value is -3.43. The molecule has 8 nitrogen and oxygen atoms in total. The number of para-hydroxylation sites is 2. The number of hydrogen-bond donors (Lipinski definition) is 1. The number of thioether (sulfide) groups is 1. The molecule has 0 saturated heterocycles. The van der Waals surface area contributed by atoms with Gasteiger partial charge in [-0.15, -0.1) is 0 Å². The minimum absolute atomic E-state index is 0.207. The average molecular weight is 480 g/mol. The van der Waals surface area contributed by atoms with Crippen LogP contribution in [0.25, 0.3) is 16.9 Å². The number of anilines is 1. The molecule has 0 fully saturated rings. The number of amides is 1. The molecule has 33 heavy (non-hydrogen) atoms. The highest BCUT2D eigenvalue weighted by Crippen LogP contribution is 2.40. The van der Waals surface area contributed by atoms with Crippen molar-refractivity contribution in [3.63, 3.8) is 0 Å². The lowest BCUT2D eigenvalue weighted by molar-refractivity contribution is -0.763. The van der Waals surface area contributed by atoms with Crippen molar-refractivity contribution < 1.29 is 9.48 Å². The molecule has 1 aliphatic rings. The number of nitrogens with one attached hydrogen (secondary N) is 1. The molecule has 0 bridgehead atoms. The number of fused-ring (bicyclic) bond motifs is 3. The van der Waals surface area contributed by atoms with Crippen LogP contribution in [0.15, 0.2) is 64.5 Å². The zero-order valence-electron chi connectivity index (χ0n) is 18.1. The SMILES string of the molecule is CSc1n[n+]2c(c(=O)[nH]1)-c1ccccc1N(C(C)=O)C2c1c(C)nn(-c2ccccc2)c1Cl. The Morgan fingerprint density at radius 2 is 1.85 bits per heavy atom. The van der Waals surface area contributed by atoms with Crippen LogP contribution >= 0.6 is 23.4 Å². The predicted molar refractivity (Wildman–Crippen MR) is 127 cm³/mol. The summed E-state index contributed by atoms with van der Waals surface area (Å²) < 4.78 is 3.22. The van der Waals surface area contributed by atoms with E-state index in [-0.39, 0.29) is 11.5 Å².